The van der Waals surface area contributed by atoms with E-state index >= 15 is 0 Å². The van der Waals surface area contributed by atoms with Crippen molar-refractivity contribution in [3.05, 3.63) is 35.9 Å². The number of nitrogens with one attached hydrogen (secondary N) is 1. The molecule has 0 spiro atoms. The van der Waals surface area contributed by atoms with Crippen LogP contribution in [-0.4, -0.2) is 80.6 Å². The first-order valence-electron chi connectivity index (χ1n) is 10.1. The molecule has 2 saturated heterocycles. The van der Waals surface area contributed by atoms with Crippen LogP contribution in [-0.2, 0) is 10.0 Å². The molecule has 2 unspecified atom stereocenters. The molecular formula is C20H33IN4O2S2. The van der Waals surface area contributed by atoms with E-state index in [-0.39, 0.29) is 29.7 Å². The maximum atomic E-state index is 12.5. The number of benzene rings is 1. The molecular weight excluding hydrogens is 519 g/mol. The molecule has 6 nitrogen and oxygen atoms in total. The second-order valence-electron chi connectivity index (χ2n) is 7.53. The van der Waals surface area contributed by atoms with Crippen LogP contribution < -0.4 is 5.32 Å². The summed E-state index contributed by atoms with van der Waals surface area (Å²) in [6.45, 7) is 5.80. The summed E-state index contributed by atoms with van der Waals surface area (Å²) in [4.78, 5) is 6.65. The molecule has 0 amide bonds. The Bertz CT molecular complexity index is 755. The molecule has 2 fully saturated rings. The van der Waals surface area contributed by atoms with Crippen LogP contribution in [0.2, 0.25) is 0 Å². The van der Waals surface area contributed by atoms with Crippen LogP contribution in [0.4, 0.5) is 0 Å². The van der Waals surface area contributed by atoms with Gasteiger partial charge in [-0.15, -0.1) is 24.0 Å². The molecule has 2 heterocycles. The first-order chi connectivity index (χ1) is 13.5. The zero-order valence-corrected chi connectivity index (χ0v) is 21.3. The van der Waals surface area contributed by atoms with Crippen molar-refractivity contribution in [2.24, 2.45) is 10.9 Å². The molecule has 2 aliphatic heterocycles. The van der Waals surface area contributed by atoms with Crippen LogP contribution in [0.15, 0.2) is 35.3 Å². The molecule has 1 aromatic rings. The fraction of sp³-hybridized carbons (Fsp3) is 0.650. The maximum Gasteiger partial charge on any atom is 0.215 e. The highest BCUT2D eigenvalue weighted by atomic mass is 127. The van der Waals surface area contributed by atoms with Gasteiger partial charge in [-0.3, -0.25) is 4.99 Å². The first-order valence-corrected chi connectivity index (χ1v) is 12.8. The highest BCUT2D eigenvalue weighted by Crippen LogP contribution is 2.32. The highest BCUT2D eigenvalue weighted by molar-refractivity contribution is 14.0. The molecule has 0 aromatic heterocycles. The average molecular weight is 553 g/mol. The first kappa shape index (κ1) is 24.7. The summed E-state index contributed by atoms with van der Waals surface area (Å²) < 4.78 is 26.6. The number of thioether (sulfide) groups is 1. The van der Waals surface area contributed by atoms with E-state index in [1.54, 1.807) is 11.4 Å². The number of sulfonamides is 1. The molecule has 3 rings (SSSR count). The average Bonchev–Trinajstić information content (AvgIpc) is 2.72. The second-order valence-corrected chi connectivity index (χ2v) is 10.8. The quantitative estimate of drug-likeness (QED) is 0.346. The number of halogens is 1. The number of nitrogens with zero attached hydrogens (tertiary/aromatic N) is 3. The Kier molecular flexibility index (Phi) is 10.0. The summed E-state index contributed by atoms with van der Waals surface area (Å²) in [7, 11) is -1.42. The molecule has 2 atom stereocenters. The normalized spacial score (nSPS) is 24.1. The van der Waals surface area contributed by atoms with E-state index in [0.717, 1.165) is 37.0 Å². The highest BCUT2D eigenvalue weighted by Gasteiger charge is 2.29. The second kappa shape index (κ2) is 11.8. The van der Waals surface area contributed by atoms with Crippen LogP contribution in [0.5, 0.6) is 0 Å². The minimum atomic E-state index is -3.19. The number of guanidine groups is 1. The number of piperidine rings is 1. The minimum absolute atomic E-state index is 0. The summed E-state index contributed by atoms with van der Waals surface area (Å²) in [5.41, 5.74) is 1.41. The lowest BCUT2D eigenvalue weighted by Crippen LogP contribution is -2.49. The van der Waals surface area contributed by atoms with Gasteiger partial charge in [0.25, 0.3) is 0 Å². The Hall–Kier alpha value is -0.520. The lowest BCUT2D eigenvalue weighted by molar-refractivity contribution is 0.235. The Morgan fingerprint density at radius 2 is 1.90 bits per heavy atom. The van der Waals surface area contributed by atoms with Gasteiger partial charge < -0.3 is 10.2 Å². The van der Waals surface area contributed by atoms with Crippen molar-refractivity contribution in [3.63, 3.8) is 0 Å². The Labute approximate surface area is 197 Å². The van der Waals surface area contributed by atoms with E-state index in [0.29, 0.717) is 31.5 Å². The summed E-state index contributed by atoms with van der Waals surface area (Å²) in [6, 6.07) is 10.7. The molecule has 164 valence electrons. The molecule has 9 heteroatoms. The third-order valence-corrected chi connectivity index (χ3v) is 8.47. The molecule has 0 radical (unpaired) electrons. The van der Waals surface area contributed by atoms with E-state index in [9.17, 15) is 8.42 Å². The van der Waals surface area contributed by atoms with E-state index in [1.165, 1.54) is 5.56 Å². The summed E-state index contributed by atoms with van der Waals surface area (Å²) in [5, 5.41) is 3.27. The number of likely N-dealkylation sites (tertiary alicyclic amines) is 1. The monoisotopic (exact) mass is 552 g/mol. The number of aliphatic imine (C=N–C) groups is 1. The van der Waals surface area contributed by atoms with E-state index < -0.39 is 10.0 Å². The largest absolute Gasteiger partial charge is 0.355 e. The van der Waals surface area contributed by atoms with E-state index in [4.69, 9.17) is 0 Å². The van der Waals surface area contributed by atoms with Gasteiger partial charge in [0.2, 0.25) is 10.0 Å². The topological polar surface area (TPSA) is 65.0 Å². The van der Waals surface area contributed by atoms with Gasteiger partial charge in [-0.2, -0.15) is 11.8 Å². The van der Waals surface area contributed by atoms with Gasteiger partial charge in [0, 0.05) is 51.3 Å². The van der Waals surface area contributed by atoms with Crippen molar-refractivity contribution >= 4 is 51.7 Å². The molecule has 0 aliphatic carbocycles. The maximum absolute atomic E-state index is 12.5. The standard InChI is InChI=1S/C20H32N4O2S2.HI/c1-17-16-23(10-8-19(17)18-6-4-3-5-7-18)20(21-2)22-9-15-28(25,26)24-11-13-27-14-12-24;/h3-7,17,19H,8-16H2,1-2H3,(H,21,22);1H. The van der Waals surface area contributed by atoms with E-state index in [1.807, 2.05) is 11.8 Å². The summed E-state index contributed by atoms with van der Waals surface area (Å²) in [5.74, 6) is 3.79. The van der Waals surface area contributed by atoms with Gasteiger partial charge in [0.15, 0.2) is 5.96 Å². The van der Waals surface area contributed by atoms with Crippen molar-refractivity contribution in [1.82, 2.24) is 14.5 Å². The third kappa shape index (κ3) is 6.73. The van der Waals surface area contributed by atoms with Crippen molar-refractivity contribution in [3.8, 4) is 0 Å². The predicted molar refractivity (Wildman–Crippen MR) is 134 cm³/mol. The smallest absolute Gasteiger partial charge is 0.215 e. The van der Waals surface area contributed by atoms with Crippen molar-refractivity contribution in [2.45, 2.75) is 19.3 Å². The fourth-order valence-electron chi connectivity index (χ4n) is 4.11. The van der Waals surface area contributed by atoms with Crippen LogP contribution in [0.25, 0.3) is 0 Å². The molecule has 0 saturated carbocycles. The van der Waals surface area contributed by atoms with Gasteiger partial charge in [0.1, 0.15) is 0 Å². The van der Waals surface area contributed by atoms with E-state index in [2.05, 4.69) is 52.5 Å². The fourth-order valence-corrected chi connectivity index (χ4v) is 6.60. The number of hydrogen-bond acceptors (Lipinski definition) is 4. The summed E-state index contributed by atoms with van der Waals surface area (Å²) >= 11 is 1.82. The van der Waals surface area contributed by atoms with Gasteiger partial charge in [-0.1, -0.05) is 37.3 Å². The number of rotatable bonds is 5. The van der Waals surface area contributed by atoms with Gasteiger partial charge >= 0.3 is 0 Å². The van der Waals surface area contributed by atoms with Gasteiger partial charge in [0.05, 0.1) is 5.75 Å². The van der Waals surface area contributed by atoms with Crippen molar-refractivity contribution in [2.75, 3.05) is 57.0 Å². The Balaban J connectivity index is 0.00000300. The molecule has 1 aromatic carbocycles. The van der Waals surface area contributed by atoms with Crippen LogP contribution >= 0.6 is 35.7 Å². The zero-order valence-electron chi connectivity index (χ0n) is 17.3. The van der Waals surface area contributed by atoms with Gasteiger partial charge in [-0.05, 0) is 23.8 Å². The minimum Gasteiger partial charge on any atom is -0.355 e. The molecule has 2 aliphatic rings. The van der Waals surface area contributed by atoms with Crippen molar-refractivity contribution in [1.29, 1.82) is 0 Å². The van der Waals surface area contributed by atoms with Crippen LogP contribution in [0.1, 0.15) is 24.8 Å². The number of hydrogen-bond donors (Lipinski definition) is 1. The van der Waals surface area contributed by atoms with Crippen LogP contribution in [0, 0.1) is 5.92 Å². The molecule has 29 heavy (non-hydrogen) atoms. The molecule has 0 bridgehead atoms. The SMILES string of the molecule is CN=C(NCCS(=O)(=O)N1CCSCC1)N1CCC(c2ccccc2)C(C)C1.I. The van der Waals surface area contributed by atoms with Crippen molar-refractivity contribution < 1.29 is 8.42 Å². The lowest BCUT2D eigenvalue weighted by Gasteiger charge is -2.39. The Morgan fingerprint density at radius 3 is 2.52 bits per heavy atom. The summed E-state index contributed by atoms with van der Waals surface area (Å²) in [6.07, 6.45) is 1.08. The zero-order chi connectivity index (χ0) is 20.0. The third-order valence-electron chi connectivity index (χ3n) is 5.65. The Morgan fingerprint density at radius 1 is 1.21 bits per heavy atom. The predicted octanol–water partition coefficient (Wildman–Crippen LogP) is 2.68. The van der Waals surface area contributed by atoms with Gasteiger partial charge in [-0.25, -0.2) is 12.7 Å². The lowest BCUT2D eigenvalue weighted by atomic mass is 9.82. The molecule has 1 N–H and O–H groups in total. The van der Waals surface area contributed by atoms with Crippen LogP contribution in [0.3, 0.4) is 0 Å².